The fraction of sp³-hybridized carbons (Fsp3) is 0.500. The average molecular weight is 353 g/mol. The third-order valence-corrected chi connectivity index (χ3v) is 4.95. The molecule has 0 bridgehead atoms. The number of carbonyl (C=O) groups excluding carboxylic acids is 1. The molecule has 130 valence electrons. The Morgan fingerprint density at radius 2 is 1.61 bits per heavy atom. The number of alkyl halides is 3. The number of amides is 1. The number of anilines is 1. The van der Waals surface area contributed by atoms with Crippen molar-refractivity contribution < 1.29 is 31.6 Å². The summed E-state index contributed by atoms with van der Waals surface area (Å²) in [6.45, 7) is 3.81. The van der Waals surface area contributed by atoms with Crippen molar-refractivity contribution in [1.29, 1.82) is 0 Å². The van der Waals surface area contributed by atoms with Gasteiger partial charge in [-0.25, -0.2) is 0 Å². The van der Waals surface area contributed by atoms with Crippen LogP contribution in [0.2, 0.25) is 0 Å². The Kier molecular flexibility index (Phi) is 6.80. The van der Waals surface area contributed by atoms with Crippen LogP contribution in [0.4, 0.5) is 18.9 Å². The summed E-state index contributed by atoms with van der Waals surface area (Å²) in [6, 6.07) is 5.67. The van der Waals surface area contributed by atoms with Gasteiger partial charge in [-0.3, -0.25) is 9.36 Å². The minimum Gasteiger partial charge on any atom is -0.309 e. The van der Waals surface area contributed by atoms with E-state index in [1.807, 2.05) is 0 Å². The van der Waals surface area contributed by atoms with Gasteiger partial charge >= 0.3 is 19.7 Å². The summed E-state index contributed by atoms with van der Waals surface area (Å²) in [5.74, 6) is -1.96. The van der Waals surface area contributed by atoms with Gasteiger partial charge in [-0.2, -0.15) is 13.2 Å². The summed E-state index contributed by atoms with van der Waals surface area (Å²) in [4.78, 5) is 11.7. The average Bonchev–Trinajstić information content (AvgIpc) is 2.46. The Bertz CT molecular complexity index is 564. The Hall–Kier alpha value is -1.37. The van der Waals surface area contributed by atoms with Crippen molar-refractivity contribution in [3.63, 3.8) is 0 Å². The van der Waals surface area contributed by atoms with Crippen LogP contribution in [0.3, 0.4) is 0 Å². The molecular weight excluding hydrogens is 334 g/mol. The molecule has 9 heteroatoms. The highest BCUT2D eigenvalue weighted by atomic mass is 31.2. The second kappa shape index (κ2) is 7.95. The molecule has 0 aliphatic heterocycles. The first-order valence-electron chi connectivity index (χ1n) is 6.95. The highest BCUT2D eigenvalue weighted by molar-refractivity contribution is 7.53. The number of nitrogens with zero attached hydrogens (tertiary/aromatic N) is 1. The number of halogens is 3. The Balaban J connectivity index is 2.88. The molecule has 0 spiro atoms. The van der Waals surface area contributed by atoms with Crippen molar-refractivity contribution >= 4 is 19.2 Å². The van der Waals surface area contributed by atoms with E-state index in [0.717, 1.165) is 7.05 Å². The molecule has 1 rings (SSSR count). The Morgan fingerprint density at radius 3 is 2.00 bits per heavy atom. The molecule has 0 saturated carbocycles. The first kappa shape index (κ1) is 19.7. The van der Waals surface area contributed by atoms with Gasteiger partial charge < -0.3 is 13.9 Å². The lowest BCUT2D eigenvalue weighted by Crippen LogP contribution is -2.38. The third kappa shape index (κ3) is 5.64. The molecule has 5 nitrogen and oxygen atoms in total. The molecule has 0 atom stereocenters. The fourth-order valence-electron chi connectivity index (χ4n) is 1.88. The molecule has 0 radical (unpaired) electrons. The monoisotopic (exact) mass is 353 g/mol. The second-order valence-corrected chi connectivity index (χ2v) is 6.69. The zero-order valence-electron chi connectivity index (χ0n) is 13.1. The number of benzene rings is 1. The predicted molar refractivity (Wildman–Crippen MR) is 80.5 cm³/mol. The minimum atomic E-state index is -4.94. The fourth-order valence-corrected chi connectivity index (χ4v) is 3.58. The molecule has 0 unspecified atom stereocenters. The van der Waals surface area contributed by atoms with Gasteiger partial charge in [0.05, 0.1) is 19.4 Å². The molecule has 1 amide bonds. The summed E-state index contributed by atoms with van der Waals surface area (Å²) >= 11 is 0. The van der Waals surface area contributed by atoms with Gasteiger partial charge in [0.25, 0.3) is 0 Å². The smallest absolute Gasteiger partial charge is 0.309 e. The van der Waals surface area contributed by atoms with Gasteiger partial charge in [-0.05, 0) is 31.5 Å². The minimum absolute atomic E-state index is 0.00584. The van der Waals surface area contributed by atoms with E-state index in [4.69, 9.17) is 9.05 Å². The quantitative estimate of drug-likeness (QED) is 0.696. The maximum absolute atomic E-state index is 12.4. The van der Waals surface area contributed by atoms with Crippen molar-refractivity contribution in [2.45, 2.75) is 26.2 Å². The molecule has 0 aromatic heterocycles. The van der Waals surface area contributed by atoms with Gasteiger partial charge in [0.1, 0.15) is 0 Å². The van der Waals surface area contributed by atoms with Crippen molar-refractivity contribution in [2.75, 3.05) is 25.2 Å². The van der Waals surface area contributed by atoms with E-state index >= 15 is 0 Å². The standard InChI is InChI=1S/C14H19F3NO4P/c1-4-21-23(20,22-5-2)10-11-6-8-12(9-7-11)18(3)13(19)14(15,16)17/h6-9H,4-5,10H2,1-3H3. The summed E-state index contributed by atoms with van der Waals surface area (Å²) in [7, 11) is -2.25. The predicted octanol–water partition coefficient (Wildman–Crippen LogP) is 3.98. The topological polar surface area (TPSA) is 55.8 Å². The van der Waals surface area contributed by atoms with Crippen LogP contribution in [-0.4, -0.2) is 32.3 Å². The molecule has 1 aromatic rings. The number of hydrogen-bond donors (Lipinski definition) is 0. The molecule has 0 saturated heterocycles. The molecule has 23 heavy (non-hydrogen) atoms. The van der Waals surface area contributed by atoms with Crippen molar-refractivity contribution in [3.05, 3.63) is 29.8 Å². The number of hydrogen-bond acceptors (Lipinski definition) is 4. The van der Waals surface area contributed by atoms with Crippen LogP contribution in [0.1, 0.15) is 19.4 Å². The van der Waals surface area contributed by atoms with Crippen LogP contribution in [0.15, 0.2) is 24.3 Å². The summed E-state index contributed by atoms with van der Waals surface area (Å²) in [6.07, 6.45) is -4.93. The molecule has 0 aliphatic rings. The van der Waals surface area contributed by atoms with Gasteiger partial charge in [0.15, 0.2) is 0 Å². The van der Waals surface area contributed by atoms with E-state index in [1.165, 1.54) is 24.3 Å². The van der Waals surface area contributed by atoms with Crippen LogP contribution in [0.25, 0.3) is 0 Å². The van der Waals surface area contributed by atoms with Crippen LogP contribution in [-0.2, 0) is 24.6 Å². The van der Waals surface area contributed by atoms with Gasteiger partial charge in [-0.1, -0.05) is 12.1 Å². The van der Waals surface area contributed by atoms with E-state index in [1.54, 1.807) is 13.8 Å². The van der Waals surface area contributed by atoms with E-state index in [0.29, 0.717) is 10.5 Å². The first-order chi connectivity index (χ1) is 10.6. The van der Waals surface area contributed by atoms with Gasteiger partial charge in [0, 0.05) is 12.7 Å². The maximum Gasteiger partial charge on any atom is 0.471 e. The summed E-state index contributed by atoms with van der Waals surface area (Å²) in [5.41, 5.74) is 0.658. The molecule has 0 N–H and O–H groups in total. The lowest BCUT2D eigenvalue weighted by atomic mass is 10.2. The van der Waals surface area contributed by atoms with Crippen LogP contribution in [0, 0.1) is 0 Å². The third-order valence-electron chi connectivity index (χ3n) is 2.90. The first-order valence-corrected chi connectivity index (χ1v) is 8.67. The molecular formula is C14H19F3NO4P. The lowest BCUT2D eigenvalue weighted by Gasteiger charge is -2.20. The molecule has 0 aliphatic carbocycles. The van der Waals surface area contributed by atoms with E-state index in [9.17, 15) is 22.5 Å². The molecule has 0 heterocycles. The van der Waals surface area contributed by atoms with E-state index < -0.39 is 19.7 Å². The van der Waals surface area contributed by atoms with Gasteiger partial charge in [0.2, 0.25) is 0 Å². The zero-order valence-corrected chi connectivity index (χ0v) is 14.0. The normalized spacial score (nSPS) is 12.3. The summed E-state index contributed by atoms with van der Waals surface area (Å²) < 4.78 is 59.9. The van der Waals surface area contributed by atoms with E-state index in [-0.39, 0.29) is 25.1 Å². The zero-order chi connectivity index (χ0) is 17.7. The van der Waals surface area contributed by atoms with E-state index in [2.05, 4.69) is 0 Å². The molecule has 1 aromatic carbocycles. The SMILES string of the molecule is CCOP(=O)(Cc1ccc(N(C)C(=O)C(F)(F)F)cc1)OCC. The van der Waals surface area contributed by atoms with Crippen LogP contribution < -0.4 is 4.90 Å². The van der Waals surface area contributed by atoms with Crippen LogP contribution in [0.5, 0.6) is 0 Å². The lowest BCUT2D eigenvalue weighted by molar-refractivity contribution is -0.170. The van der Waals surface area contributed by atoms with Crippen LogP contribution >= 0.6 is 7.60 Å². The Morgan fingerprint density at radius 1 is 1.13 bits per heavy atom. The highest BCUT2D eigenvalue weighted by Crippen LogP contribution is 2.51. The number of rotatable bonds is 7. The Labute approximate surface area is 132 Å². The van der Waals surface area contributed by atoms with Crippen molar-refractivity contribution in [3.8, 4) is 0 Å². The number of carbonyl (C=O) groups is 1. The van der Waals surface area contributed by atoms with Crippen molar-refractivity contribution in [2.24, 2.45) is 0 Å². The van der Waals surface area contributed by atoms with Gasteiger partial charge in [-0.15, -0.1) is 0 Å². The largest absolute Gasteiger partial charge is 0.471 e. The second-order valence-electron chi connectivity index (χ2n) is 4.63. The highest BCUT2D eigenvalue weighted by Gasteiger charge is 2.41. The maximum atomic E-state index is 12.4. The van der Waals surface area contributed by atoms with Crippen molar-refractivity contribution in [1.82, 2.24) is 0 Å². The summed E-state index contributed by atoms with van der Waals surface area (Å²) in [5, 5.41) is 0. The molecule has 0 fully saturated rings.